The lowest BCUT2D eigenvalue weighted by Crippen LogP contribution is -2.38. The van der Waals surface area contributed by atoms with E-state index in [2.05, 4.69) is 34.9 Å². The molecule has 0 aliphatic carbocycles. The van der Waals surface area contributed by atoms with Gasteiger partial charge in [-0.05, 0) is 48.0 Å². The van der Waals surface area contributed by atoms with E-state index in [4.69, 9.17) is 21.7 Å². The topological polar surface area (TPSA) is 42.5 Å². The third-order valence-corrected chi connectivity index (χ3v) is 5.54. The zero-order valence-electron chi connectivity index (χ0n) is 13.1. The minimum atomic E-state index is 0.277. The summed E-state index contributed by atoms with van der Waals surface area (Å²) in [6.07, 6.45) is 1.08. The fourth-order valence-electron chi connectivity index (χ4n) is 2.93. The van der Waals surface area contributed by atoms with Gasteiger partial charge >= 0.3 is 0 Å². The molecule has 2 aliphatic rings. The standard InChI is InChI=1S/C18H18N2O2S2/c23-18(19-10-12-5-6-15-16(9-12)22-11-21-15)20-14-7-8-24-17-4-2-1-3-13(14)17/h1-6,9,14H,7-8,10-11H2,(H2,19,20,23). The van der Waals surface area contributed by atoms with E-state index in [1.807, 2.05) is 30.0 Å². The van der Waals surface area contributed by atoms with Crippen LogP contribution in [0, 0.1) is 0 Å². The van der Waals surface area contributed by atoms with Crippen molar-refractivity contribution in [3.63, 3.8) is 0 Å². The van der Waals surface area contributed by atoms with Crippen molar-refractivity contribution in [3.8, 4) is 11.5 Å². The smallest absolute Gasteiger partial charge is 0.231 e. The van der Waals surface area contributed by atoms with Crippen LogP contribution in [-0.2, 0) is 6.54 Å². The summed E-state index contributed by atoms with van der Waals surface area (Å²) >= 11 is 7.39. The van der Waals surface area contributed by atoms with E-state index in [0.29, 0.717) is 18.5 Å². The molecule has 0 spiro atoms. The maximum absolute atomic E-state index is 5.48. The number of fused-ring (bicyclic) bond motifs is 2. The van der Waals surface area contributed by atoms with E-state index < -0.39 is 0 Å². The number of ether oxygens (including phenoxy) is 2. The van der Waals surface area contributed by atoms with Gasteiger partial charge in [-0.15, -0.1) is 11.8 Å². The molecule has 124 valence electrons. The molecule has 0 fully saturated rings. The van der Waals surface area contributed by atoms with Gasteiger partial charge < -0.3 is 20.1 Å². The van der Waals surface area contributed by atoms with Gasteiger partial charge in [0.05, 0.1) is 6.04 Å². The molecule has 0 bridgehead atoms. The molecule has 2 heterocycles. The van der Waals surface area contributed by atoms with Crippen molar-refractivity contribution in [2.45, 2.75) is 23.9 Å². The second kappa shape index (κ2) is 6.91. The van der Waals surface area contributed by atoms with Crippen molar-refractivity contribution >= 4 is 29.1 Å². The summed E-state index contributed by atoms with van der Waals surface area (Å²) in [4.78, 5) is 1.35. The SMILES string of the molecule is S=C(NCc1ccc2c(c1)OCO2)NC1CCSc2ccccc21. The van der Waals surface area contributed by atoms with E-state index in [9.17, 15) is 0 Å². The van der Waals surface area contributed by atoms with Gasteiger partial charge in [-0.2, -0.15) is 0 Å². The van der Waals surface area contributed by atoms with Gasteiger partial charge in [0.1, 0.15) is 0 Å². The molecule has 6 heteroatoms. The van der Waals surface area contributed by atoms with E-state index in [0.717, 1.165) is 29.2 Å². The Morgan fingerprint density at radius 3 is 3.00 bits per heavy atom. The van der Waals surface area contributed by atoms with Crippen LogP contribution < -0.4 is 20.1 Å². The van der Waals surface area contributed by atoms with Crippen LogP contribution in [0.4, 0.5) is 0 Å². The van der Waals surface area contributed by atoms with Gasteiger partial charge in [0.25, 0.3) is 0 Å². The maximum atomic E-state index is 5.48. The first-order valence-corrected chi connectivity index (χ1v) is 9.33. The van der Waals surface area contributed by atoms with Gasteiger partial charge in [0.15, 0.2) is 16.6 Å². The highest BCUT2D eigenvalue weighted by atomic mass is 32.2. The maximum Gasteiger partial charge on any atom is 0.231 e. The first-order chi connectivity index (χ1) is 11.8. The summed E-state index contributed by atoms with van der Waals surface area (Å²) in [7, 11) is 0. The Morgan fingerprint density at radius 1 is 1.17 bits per heavy atom. The van der Waals surface area contributed by atoms with Gasteiger partial charge in [-0.25, -0.2) is 0 Å². The average molecular weight is 358 g/mol. The molecule has 4 rings (SSSR count). The molecule has 4 nitrogen and oxygen atoms in total. The summed E-state index contributed by atoms with van der Waals surface area (Å²) in [6.45, 7) is 0.955. The summed E-state index contributed by atoms with van der Waals surface area (Å²) in [5, 5.41) is 7.41. The normalized spacial score (nSPS) is 17.9. The lowest BCUT2D eigenvalue weighted by Gasteiger charge is -2.27. The number of thioether (sulfide) groups is 1. The second-order valence-electron chi connectivity index (χ2n) is 5.74. The van der Waals surface area contributed by atoms with Gasteiger partial charge in [0, 0.05) is 17.2 Å². The Bertz CT molecular complexity index is 766. The number of hydrogen-bond acceptors (Lipinski definition) is 4. The summed E-state index contributed by atoms with van der Waals surface area (Å²) < 4.78 is 10.7. The Balaban J connectivity index is 1.36. The molecule has 0 saturated carbocycles. The number of nitrogens with one attached hydrogen (secondary N) is 2. The minimum Gasteiger partial charge on any atom is -0.454 e. The van der Waals surface area contributed by atoms with Crippen LogP contribution in [0.15, 0.2) is 47.4 Å². The van der Waals surface area contributed by atoms with Crippen molar-refractivity contribution < 1.29 is 9.47 Å². The van der Waals surface area contributed by atoms with Crippen LogP contribution in [0.1, 0.15) is 23.6 Å². The van der Waals surface area contributed by atoms with Crippen LogP contribution in [0.25, 0.3) is 0 Å². The fourth-order valence-corrected chi connectivity index (χ4v) is 4.27. The van der Waals surface area contributed by atoms with Crippen LogP contribution in [-0.4, -0.2) is 17.7 Å². The van der Waals surface area contributed by atoms with E-state index in [1.54, 1.807) is 0 Å². The van der Waals surface area contributed by atoms with Gasteiger partial charge in [0.2, 0.25) is 6.79 Å². The monoisotopic (exact) mass is 358 g/mol. The molecule has 2 aliphatic heterocycles. The van der Waals surface area contributed by atoms with Crippen LogP contribution in [0.5, 0.6) is 11.5 Å². The molecule has 2 aromatic rings. The number of benzene rings is 2. The Hall–Kier alpha value is -1.92. The molecule has 2 N–H and O–H groups in total. The first-order valence-electron chi connectivity index (χ1n) is 7.94. The highest BCUT2D eigenvalue weighted by Gasteiger charge is 2.20. The predicted molar refractivity (Wildman–Crippen MR) is 99.7 cm³/mol. The largest absolute Gasteiger partial charge is 0.454 e. The Morgan fingerprint density at radius 2 is 2.04 bits per heavy atom. The van der Waals surface area contributed by atoms with Crippen molar-refractivity contribution in [1.82, 2.24) is 10.6 Å². The lowest BCUT2D eigenvalue weighted by atomic mass is 10.0. The van der Waals surface area contributed by atoms with Crippen LogP contribution >= 0.6 is 24.0 Å². The van der Waals surface area contributed by atoms with E-state index in [-0.39, 0.29) is 6.04 Å². The third-order valence-electron chi connectivity index (χ3n) is 4.15. The molecule has 0 saturated heterocycles. The third kappa shape index (κ3) is 3.30. The molecule has 1 unspecified atom stereocenters. The molecule has 0 amide bonds. The first kappa shape index (κ1) is 15.6. The molecular formula is C18H18N2O2S2. The minimum absolute atomic E-state index is 0.277. The predicted octanol–water partition coefficient (Wildman–Crippen LogP) is 3.62. The quantitative estimate of drug-likeness (QED) is 0.817. The summed E-state index contributed by atoms with van der Waals surface area (Å²) in [5.41, 5.74) is 2.45. The zero-order chi connectivity index (χ0) is 16.4. The van der Waals surface area contributed by atoms with E-state index in [1.165, 1.54) is 10.5 Å². The highest BCUT2D eigenvalue weighted by Crippen LogP contribution is 2.36. The molecule has 2 aromatic carbocycles. The summed E-state index contributed by atoms with van der Waals surface area (Å²) in [5.74, 6) is 2.71. The number of hydrogen-bond donors (Lipinski definition) is 2. The Labute approximate surface area is 150 Å². The molecule has 24 heavy (non-hydrogen) atoms. The van der Waals surface area contributed by atoms with Gasteiger partial charge in [-0.1, -0.05) is 24.3 Å². The van der Waals surface area contributed by atoms with Crippen molar-refractivity contribution in [2.24, 2.45) is 0 Å². The van der Waals surface area contributed by atoms with E-state index >= 15 is 0 Å². The second-order valence-corrected chi connectivity index (χ2v) is 7.29. The number of rotatable bonds is 3. The molecule has 0 aromatic heterocycles. The molecular weight excluding hydrogens is 340 g/mol. The van der Waals surface area contributed by atoms with Crippen LogP contribution in [0.2, 0.25) is 0 Å². The highest BCUT2D eigenvalue weighted by molar-refractivity contribution is 7.99. The number of thiocarbonyl (C=S) groups is 1. The van der Waals surface area contributed by atoms with Crippen molar-refractivity contribution in [3.05, 3.63) is 53.6 Å². The Kier molecular flexibility index (Phi) is 4.49. The van der Waals surface area contributed by atoms with Crippen LogP contribution in [0.3, 0.4) is 0 Å². The average Bonchev–Trinajstić information content (AvgIpc) is 3.08. The van der Waals surface area contributed by atoms with Gasteiger partial charge in [-0.3, -0.25) is 0 Å². The lowest BCUT2D eigenvalue weighted by molar-refractivity contribution is 0.174. The van der Waals surface area contributed by atoms with Crippen molar-refractivity contribution in [1.29, 1.82) is 0 Å². The fraction of sp³-hybridized carbons (Fsp3) is 0.278. The molecule has 0 radical (unpaired) electrons. The molecule has 1 atom stereocenters. The summed E-state index contributed by atoms with van der Waals surface area (Å²) in [6, 6.07) is 14.8. The van der Waals surface area contributed by atoms with Crippen molar-refractivity contribution in [2.75, 3.05) is 12.5 Å². The zero-order valence-corrected chi connectivity index (χ0v) is 14.7.